The lowest BCUT2D eigenvalue weighted by Crippen LogP contribution is -2.64. The summed E-state index contributed by atoms with van der Waals surface area (Å²) in [6.45, 7) is 18.8. The first-order valence-corrected chi connectivity index (χ1v) is 15.5. The van der Waals surface area contributed by atoms with Gasteiger partial charge in [-0.1, -0.05) is 25.5 Å². The third kappa shape index (κ3) is 6.02. The number of carbonyl (C=O) groups excluding carboxylic acids is 1. The Kier molecular flexibility index (Phi) is 8.71. The Hall–Kier alpha value is -3.99. The van der Waals surface area contributed by atoms with Gasteiger partial charge >= 0.3 is 6.09 Å². The fraction of sp³-hybridized carbons (Fsp3) is 0.545. The Labute approximate surface area is 259 Å². The zero-order chi connectivity index (χ0) is 31.8. The van der Waals surface area contributed by atoms with Crippen molar-refractivity contribution in [3.8, 4) is 0 Å². The number of aryl methyl sites for hydroxylation is 1. The van der Waals surface area contributed by atoms with Crippen LogP contribution in [-0.2, 0) is 9.47 Å². The van der Waals surface area contributed by atoms with Crippen molar-refractivity contribution in [2.45, 2.75) is 97.4 Å². The quantitative estimate of drug-likeness (QED) is 0.324. The lowest BCUT2D eigenvalue weighted by atomic mass is 9.85. The number of rotatable bonds is 7. The van der Waals surface area contributed by atoms with E-state index in [0.717, 1.165) is 42.2 Å². The monoisotopic (exact) mass is 603 g/mol. The number of nitrogens with zero attached hydrogens (tertiary/aromatic N) is 6. The molecule has 11 nitrogen and oxygen atoms in total. The first-order chi connectivity index (χ1) is 20.8. The zero-order valence-corrected chi connectivity index (χ0v) is 27.0. The van der Waals surface area contributed by atoms with Crippen molar-refractivity contribution in [1.82, 2.24) is 29.4 Å². The topological polar surface area (TPSA) is 115 Å². The molecule has 1 amide bonds. The predicted octanol–water partition coefficient (Wildman–Crippen LogP) is 6.02. The number of fused-ring (bicyclic) bond motifs is 1. The SMILES string of the molecule is C=C(OCC)c1c(C)c2cnc(NN3CCN(C(=O)OC(C)(C)C)C(C)(C)C3c3cccnc3)nc2n(C2CCCC2)c1=O. The smallest absolute Gasteiger partial charge is 0.410 e. The van der Waals surface area contributed by atoms with E-state index in [-0.39, 0.29) is 23.7 Å². The molecule has 3 aromatic heterocycles. The number of carbonyl (C=O) groups is 1. The number of ether oxygens (including phenoxy) is 2. The highest BCUT2D eigenvalue weighted by Crippen LogP contribution is 2.40. The number of anilines is 1. The van der Waals surface area contributed by atoms with Crippen LogP contribution in [0.3, 0.4) is 0 Å². The average Bonchev–Trinajstić information content (AvgIpc) is 3.47. The van der Waals surface area contributed by atoms with Gasteiger partial charge in [-0.2, -0.15) is 4.98 Å². The summed E-state index contributed by atoms with van der Waals surface area (Å²) in [6, 6.07) is 3.62. The van der Waals surface area contributed by atoms with Crippen LogP contribution in [0.4, 0.5) is 10.7 Å². The van der Waals surface area contributed by atoms with Crippen LogP contribution in [0.15, 0.2) is 42.1 Å². The number of amides is 1. The highest BCUT2D eigenvalue weighted by molar-refractivity contribution is 5.84. The van der Waals surface area contributed by atoms with E-state index in [1.54, 1.807) is 17.3 Å². The van der Waals surface area contributed by atoms with E-state index in [1.807, 2.05) is 71.4 Å². The summed E-state index contributed by atoms with van der Waals surface area (Å²) in [5.41, 5.74) is 4.76. The van der Waals surface area contributed by atoms with Crippen LogP contribution < -0.4 is 11.0 Å². The van der Waals surface area contributed by atoms with Crippen LogP contribution in [-0.4, -0.2) is 66.4 Å². The number of nitrogens with one attached hydrogen (secondary N) is 1. The van der Waals surface area contributed by atoms with Crippen molar-refractivity contribution >= 4 is 28.8 Å². The maximum Gasteiger partial charge on any atom is 0.410 e. The Bertz CT molecular complexity index is 1590. The van der Waals surface area contributed by atoms with Gasteiger partial charge in [0.15, 0.2) is 0 Å². The molecule has 1 atom stereocenters. The Balaban J connectivity index is 1.56. The van der Waals surface area contributed by atoms with E-state index in [4.69, 9.17) is 19.4 Å². The summed E-state index contributed by atoms with van der Waals surface area (Å²) in [7, 11) is 0. The minimum Gasteiger partial charge on any atom is -0.494 e. The van der Waals surface area contributed by atoms with Crippen molar-refractivity contribution in [1.29, 1.82) is 0 Å². The summed E-state index contributed by atoms with van der Waals surface area (Å²) in [4.78, 5) is 43.2. The fourth-order valence-corrected chi connectivity index (χ4v) is 6.63. The summed E-state index contributed by atoms with van der Waals surface area (Å²) < 4.78 is 13.3. The van der Waals surface area contributed by atoms with E-state index >= 15 is 0 Å². The Morgan fingerprint density at radius 3 is 2.55 bits per heavy atom. The molecule has 1 saturated carbocycles. The van der Waals surface area contributed by atoms with E-state index in [1.165, 1.54) is 0 Å². The zero-order valence-electron chi connectivity index (χ0n) is 27.0. The van der Waals surface area contributed by atoms with E-state index < -0.39 is 11.1 Å². The third-order valence-electron chi connectivity index (χ3n) is 8.59. The summed E-state index contributed by atoms with van der Waals surface area (Å²) in [5.74, 6) is 0.741. The maximum absolute atomic E-state index is 14.0. The second-order valence-corrected chi connectivity index (χ2v) is 13.2. The van der Waals surface area contributed by atoms with Gasteiger partial charge < -0.3 is 9.47 Å². The minimum absolute atomic E-state index is 0.0426. The molecule has 2 fully saturated rings. The molecule has 4 heterocycles. The molecule has 0 aromatic carbocycles. The van der Waals surface area contributed by atoms with Crippen LogP contribution in [0.25, 0.3) is 16.8 Å². The van der Waals surface area contributed by atoms with Gasteiger partial charge in [-0.3, -0.25) is 24.7 Å². The number of hydrogen-bond acceptors (Lipinski definition) is 9. The largest absolute Gasteiger partial charge is 0.494 e. The van der Waals surface area contributed by atoms with Gasteiger partial charge in [0.25, 0.3) is 5.56 Å². The van der Waals surface area contributed by atoms with Gasteiger partial charge in [-0.25, -0.2) is 14.8 Å². The van der Waals surface area contributed by atoms with Gasteiger partial charge in [0.2, 0.25) is 5.95 Å². The molecule has 1 unspecified atom stereocenters. The number of pyridine rings is 2. The van der Waals surface area contributed by atoms with Crippen molar-refractivity contribution in [2.75, 3.05) is 25.1 Å². The molecule has 3 aromatic rings. The number of piperazine rings is 1. The van der Waals surface area contributed by atoms with Crippen molar-refractivity contribution in [2.24, 2.45) is 0 Å². The predicted molar refractivity (Wildman–Crippen MR) is 171 cm³/mol. The second kappa shape index (κ2) is 12.2. The van der Waals surface area contributed by atoms with Crippen LogP contribution >= 0.6 is 0 Å². The average molecular weight is 604 g/mol. The Morgan fingerprint density at radius 2 is 1.91 bits per heavy atom. The number of hydrogen-bond donors (Lipinski definition) is 1. The fourth-order valence-electron chi connectivity index (χ4n) is 6.63. The molecule has 1 aliphatic carbocycles. The standard InChI is InChI=1S/C33H45N7O4/c1-9-43-22(3)26-21(2)25-20-35-30(36-28(25)40(29(26)41)24-14-10-11-15-24)37-39-18-17-38(31(42)44-32(4,5)6)33(7,8)27(39)23-13-12-16-34-19-23/h12-13,16,19-20,24,27H,3,9-11,14-15,17-18H2,1-2,4-8H3,(H,35,36,37). The molecule has 1 N–H and O–H groups in total. The summed E-state index contributed by atoms with van der Waals surface area (Å²) >= 11 is 0. The van der Waals surface area contributed by atoms with Gasteiger partial charge in [-0.15, -0.1) is 0 Å². The molecule has 1 saturated heterocycles. The first-order valence-electron chi connectivity index (χ1n) is 15.5. The number of hydrazine groups is 1. The molecule has 236 valence electrons. The summed E-state index contributed by atoms with van der Waals surface area (Å²) in [5, 5.41) is 2.84. The highest BCUT2D eigenvalue weighted by Gasteiger charge is 2.47. The van der Waals surface area contributed by atoms with Crippen LogP contribution in [0, 0.1) is 6.92 Å². The lowest BCUT2D eigenvalue weighted by Gasteiger charge is -2.52. The van der Waals surface area contributed by atoms with Crippen molar-refractivity contribution in [3.05, 3.63) is 64.3 Å². The molecular weight excluding hydrogens is 558 g/mol. The van der Waals surface area contributed by atoms with E-state index in [9.17, 15) is 9.59 Å². The number of aromatic nitrogens is 4. The van der Waals surface area contributed by atoms with Crippen LogP contribution in [0.5, 0.6) is 0 Å². The first kappa shape index (κ1) is 31.4. The molecule has 0 bridgehead atoms. The van der Waals surface area contributed by atoms with Crippen molar-refractivity contribution < 1.29 is 14.3 Å². The van der Waals surface area contributed by atoms with Crippen LogP contribution in [0.2, 0.25) is 0 Å². The second-order valence-electron chi connectivity index (χ2n) is 13.2. The molecule has 5 rings (SSSR count). The molecular formula is C33H45N7O4. The highest BCUT2D eigenvalue weighted by atomic mass is 16.6. The maximum atomic E-state index is 14.0. The molecule has 0 radical (unpaired) electrons. The van der Waals surface area contributed by atoms with Gasteiger partial charge in [-0.05, 0) is 78.5 Å². The molecule has 44 heavy (non-hydrogen) atoms. The van der Waals surface area contributed by atoms with Gasteiger partial charge in [0.1, 0.15) is 17.0 Å². The molecule has 0 spiro atoms. The van der Waals surface area contributed by atoms with E-state index in [2.05, 4.69) is 22.0 Å². The minimum atomic E-state index is -0.690. The molecule has 1 aliphatic heterocycles. The molecule has 11 heteroatoms. The third-order valence-corrected chi connectivity index (χ3v) is 8.59. The van der Waals surface area contributed by atoms with Gasteiger partial charge in [0.05, 0.1) is 23.8 Å². The van der Waals surface area contributed by atoms with Gasteiger partial charge in [0, 0.05) is 43.1 Å². The van der Waals surface area contributed by atoms with Crippen LogP contribution in [0.1, 0.15) is 96.0 Å². The Morgan fingerprint density at radius 1 is 1.18 bits per heavy atom. The lowest BCUT2D eigenvalue weighted by molar-refractivity contribution is -0.0451. The van der Waals surface area contributed by atoms with Crippen molar-refractivity contribution in [3.63, 3.8) is 0 Å². The summed E-state index contributed by atoms with van der Waals surface area (Å²) in [6.07, 6.45) is 8.91. The normalized spacial score (nSPS) is 19.2. The molecule has 2 aliphatic rings. The van der Waals surface area contributed by atoms with E-state index in [0.29, 0.717) is 42.6 Å².